The van der Waals surface area contributed by atoms with Gasteiger partial charge in [-0.25, -0.2) is 0 Å². The van der Waals surface area contributed by atoms with Crippen LogP contribution in [0, 0.1) is 0 Å². The fourth-order valence-corrected chi connectivity index (χ4v) is 2.57. The molecule has 0 spiro atoms. The van der Waals surface area contributed by atoms with Crippen LogP contribution in [0.25, 0.3) is 0 Å². The smallest absolute Gasteiger partial charge is 0.179 e. The van der Waals surface area contributed by atoms with Gasteiger partial charge in [0.1, 0.15) is 0 Å². The number of hydrogen-bond acceptors (Lipinski definition) is 3. The van der Waals surface area contributed by atoms with Gasteiger partial charge >= 0.3 is 0 Å². The number of rotatable bonds is 6. The molecule has 0 atom stereocenters. The van der Waals surface area contributed by atoms with Crippen LogP contribution in [0.15, 0.2) is 36.4 Å². The maximum absolute atomic E-state index is 6.18. The van der Waals surface area contributed by atoms with Crippen molar-refractivity contribution >= 4 is 23.2 Å². The van der Waals surface area contributed by atoms with Crippen molar-refractivity contribution in [1.82, 2.24) is 5.32 Å². The molecule has 0 amide bonds. The van der Waals surface area contributed by atoms with Crippen molar-refractivity contribution in [2.45, 2.75) is 13.1 Å². The summed E-state index contributed by atoms with van der Waals surface area (Å²) in [5, 5.41) is 4.63. The van der Waals surface area contributed by atoms with Gasteiger partial charge in [-0.1, -0.05) is 41.4 Å². The Labute approximate surface area is 146 Å². The molecular formula is C16H17Cl3NO2-. The van der Waals surface area contributed by atoms with Crippen molar-refractivity contribution in [1.29, 1.82) is 0 Å². The molecule has 3 nitrogen and oxygen atoms in total. The number of nitrogens with one attached hydrogen (secondary N) is 1. The maximum Gasteiger partial charge on any atom is 0.179 e. The zero-order valence-electron chi connectivity index (χ0n) is 12.3. The van der Waals surface area contributed by atoms with Crippen molar-refractivity contribution in [3.63, 3.8) is 0 Å². The minimum atomic E-state index is 0. The molecule has 0 fully saturated rings. The molecule has 0 bridgehead atoms. The molecule has 0 saturated heterocycles. The Balaban J connectivity index is 0.00000242. The number of methoxy groups -OCH3 is 2. The summed E-state index contributed by atoms with van der Waals surface area (Å²) in [6.07, 6.45) is 0. The van der Waals surface area contributed by atoms with E-state index in [1.54, 1.807) is 14.2 Å². The largest absolute Gasteiger partial charge is 1.00 e. The molecule has 0 unspecified atom stereocenters. The Morgan fingerprint density at radius 3 is 2.32 bits per heavy atom. The Morgan fingerprint density at radius 1 is 0.955 bits per heavy atom. The first kappa shape index (κ1) is 18.9. The van der Waals surface area contributed by atoms with Crippen LogP contribution >= 0.6 is 23.2 Å². The standard InChI is InChI=1S/C16H17Cl2NO2.ClH/c1-20-15-8-11(7-14(18)16(15)21-2)9-19-10-12-5-3-4-6-13(12)17;/h3-8,19H,9-10H2,1-2H3;1H/p-1. The number of benzene rings is 2. The van der Waals surface area contributed by atoms with Gasteiger partial charge in [0, 0.05) is 18.1 Å². The van der Waals surface area contributed by atoms with Gasteiger partial charge in [0.25, 0.3) is 0 Å². The van der Waals surface area contributed by atoms with Crippen LogP contribution in [-0.4, -0.2) is 14.2 Å². The molecule has 2 aromatic carbocycles. The summed E-state index contributed by atoms with van der Waals surface area (Å²) in [6.45, 7) is 1.34. The van der Waals surface area contributed by atoms with Gasteiger partial charge in [-0.15, -0.1) is 0 Å². The van der Waals surface area contributed by atoms with E-state index in [0.29, 0.717) is 29.6 Å². The number of halogens is 3. The second kappa shape index (κ2) is 9.11. The van der Waals surface area contributed by atoms with Gasteiger partial charge in [0.05, 0.1) is 19.2 Å². The highest BCUT2D eigenvalue weighted by Crippen LogP contribution is 2.35. The van der Waals surface area contributed by atoms with Crippen LogP contribution in [0.5, 0.6) is 11.5 Å². The molecular weight excluding hydrogens is 345 g/mol. The molecule has 0 aliphatic rings. The molecule has 120 valence electrons. The lowest BCUT2D eigenvalue weighted by atomic mass is 10.2. The van der Waals surface area contributed by atoms with Crippen LogP contribution in [0.2, 0.25) is 10.0 Å². The van der Waals surface area contributed by atoms with E-state index in [2.05, 4.69) is 5.32 Å². The summed E-state index contributed by atoms with van der Waals surface area (Å²) in [5.74, 6) is 1.17. The highest BCUT2D eigenvalue weighted by molar-refractivity contribution is 6.32. The summed E-state index contributed by atoms with van der Waals surface area (Å²) in [6, 6.07) is 11.5. The van der Waals surface area contributed by atoms with E-state index in [9.17, 15) is 0 Å². The first-order chi connectivity index (χ1) is 10.2. The van der Waals surface area contributed by atoms with E-state index in [-0.39, 0.29) is 12.4 Å². The third kappa shape index (κ3) is 4.68. The third-order valence-electron chi connectivity index (χ3n) is 3.10. The molecule has 0 heterocycles. The third-order valence-corrected chi connectivity index (χ3v) is 3.75. The van der Waals surface area contributed by atoms with Crippen LogP contribution in [-0.2, 0) is 13.1 Å². The van der Waals surface area contributed by atoms with E-state index >= 15 is 0 Å². The van der Waals surface area contributed by atoms with Gasteiger partial charge in [-0.3, -0.25) is 0 Å². The van der Waals surface area contributed by atoms with E-state index in [1.165, 1.54) is 0 Å². The fraction of sp³-hybridized carbons (Fsp3) is 0.250. The van der Waals surface area contributed by atoms with E-state index in [0.717, 1.165) is 16.1 Å². The molecule has 1 N–H and O–H groups in total. The Bertz CT molecular complexity index is 620. The van der Waals surface area contributed by atoms with Crippen LogP contribution in [0.1, 0.15) is 11.1 Å². The maximum atomic E-state index is 6.18. The molecule has 0 aromatic heterocycles. The van der Waals surface area contributed by atoms with Crippen LogP contribution in [0.3, 0.4) is 0 Å². The molecule has 6 heteroatoms. The molecule has 0 aliphatic carbocycles. The predicted octanol–water partition coefficient (Wildman–Crippen LogP) is 1.30. The minimum Gasteiger partial charge on any atom is -1.00 e. The predicted molar refractivity (Wildman–Crippen MR) is 86.6 cm³/mol. The lowest BCUT2D eigenvalue weighted by Gasteiger charge is -2.12. The first-order valence-electron chi connectivity index (χ1n) is 6.50. The minimum absolute atomic E-state index is 0. The molecule has 0 saturated carbocycles. The molecule has 0 radical (unpaired) electrons. The zero-order chi connectivity index (χ0) is 15.2. The summed E-state index contributed by atoms with van der Waals surface area (Å²) in [5.41, 5.74) is 2.08. The summed E-state index contributed by atoms with van der Waals surface area (Å²) >= 11 is 12.3. The van der Waals surface area contributed by atoms with Gasteiger partial charge in [0.15, 0.2) is 11.5 Å². The average molecular weight is 362 g/mol. The quantitative estimate of drug-likeness (QED) is 0.841. The Morgan fingerprint density at radius 2 is 1.68 bits per heavy atom. The summed E-state index contributed by atoms with van der Waals surface area (Å²) in [7, 11) is 3.16. The van der Waals surface area contributed by atoms with Crippen LogP contribution < -0.4 is 27.2 Å². The summed E-state index contributed by atoms with van der Waals surface area (Å²) in [4.78, 5) is 0. The molecule has 2 rings (SSSR count). The normalized spacial score (nSPS) is 10.0. The lowest BCUT2D eigenvalue weighted by molar-refractivity contribution is -0.00000464. The molecule has 0 aliphatic heterocycles. The van der Waals surface area contributed by atoms with Crippen molar-refractivity contribution in [3.8, 4) is 11.5 Å². The van der Waals surface area contributed by atoms with Gasteiger partial charge in [0.2, 0.25) is 0 Å². The zero-order valence-corrected chi connectivity index (χ0v) is 14.6. The lowest BCUT2D eigenvalue weighted by Crippen LogP contribution is -3.00. The van der Waals surface area contributed by atoms with Gasteiger partial charge < -0.3 is 27.2 Å². The van der Waals surface area contributed by atoms with Gasteiger partial charge in [-0.05, 0) is 29.3 Å². The highest BCUT2D eigenvalue weighted by Gasteiger charge is 2.10. The van der Waals surface area contributed by atoms with Crippen molar-refractivity contribution in [2.24, 2.45) is 0 Å². The first-order valence-corrected chi connectivity index (χ1v) is 7.25. The van der Waals surface area contributed by atoms with Crippen LogP contribution in [0.4, 0.5) is 0 Å². The molecule has 22 heavy (non-hydrogen) atoms. The second-order valence-electron chi connectivity index (χ2n) is 4.51. The second-order valence-corrected chi connectivity index (χ2v) is 5.32. The van der Waals surface area contributed by atoms with E-state index in [4.69, 9.17) is 32.7 Å². The average Bonchev–Trinajstić information content (AvgIpc) is 2.48. The number of ether oxygens (including phenoxy) is 2. The summed E-state index contributed by atoms with van der Waals surface area (Å²) < 4.78 is 10.5. The van der Waals surface area contributed by atoms with Gasteiger partial charge in [-0.2, -0.15) is 0 Å². The SMILES string of the molecule is COc1cc(CNCc2ccccc2Cl)cc(Cl)c1OC.[Cl-]. The highest BCUT2D eigenvalue weighted by atomic mass is 35.5. The van der Waals surface area contributed by atoms with E-state index < -0.39 is 0 Å². The topological polar surface area (TPSA) is 30.5 Å². The van der Waals surface area contributed by atoms with Crippen molar-refractivity contribution in [3.05, 3.63) is 57.6 Å². The number of hydrogen-bond donors (Lipinski definition) is 1. The Kier molecular flexibility index (Phi) is 7.83. The van der Waals surface area contributed by atoms with Crippen molar-refractivity contribution in [2.75, 3.05) is 14.2 Å². The molecule has 2 aromatic rings. The fourth-order valence-electron chi connectivity index (χ4n) is 2.06. The van der Waals surface area contributed by atoms with E-state index in [1.807, 2.05) is 36.4 Å². The Hall–Kier alpha value is -1.13. The van der Waals surface area contributed by atoms with Crippen molar-refractivity contribution < 1.29 is 21.9 Å². The monoisotopic (exact) mass is 360 g/mol.